The summed E-state index contributed by atoms with van der Waals surface area (Å²) in [6.07, 6.45) is 7.39. The fraction of sp³-hybridized carbons (Fsp3) is 0.680. The Labute approximate surface area is 193 Å². The number of nitrogens with zero attached hydrogens (tertiary/aromatic N) is 2. The van der Waals surface area contributed by atoms with Gasteiger partial charge in [-0.05, 0) is 75.3 Å². The summed E-state index contributed by atoms with van der Waals surface area (Å²) in [5, 5.41) is 3.46. The number of piperazine rings is 1. The van der Waals surface area contributed by atoms with Crippen molar-refractivity contribution in [3.63, 3.8) is 0 Å². The molecule has 6 nitrogen and oxygen atoms in total. The smallest absolute Gasteiger partial charge is 0.387 e. The summed E-state index contributed by atoms with van der Waals surface area (Å²) in [6.45, 7) is 0.981. The second-order valence-corrected chi connectivity index (χ2v) is 10.6. The van der Waals surface area contributed by atoms with Crippen LogP contribution in [0.4, 0.5) is 8.78 Å². The Morgan fingerprint density at radius 2 is 1.58 bits per heavy atom. The molecule has 4 aliphatic carbocycles. The van der Waals surface area contributed by atoms with E-state index < -0.39 is 6.61 Å². The Kier molecular flexibility index (Phi) is 6.05. The molecule has 1 aromatic rings. The second kappa shape index (κ2) is 8.85. The summed E-state index contributed by atoms with van der Waals surface area (Å²) in [5.41, 5.74) is 0.130. The number of amides is 2. The fourth-order valence-electron chi connectivity index (χ4n) is 7.12. The largest absolute Gasteiger partial charge is 0.434 e. The van der Waals surface area contributed by atoms with Crippen LogP contribution in [-0.4, -0.2) is 66.0 Å². The summed E-state index contributed by atoms with van der Waals surface area (Å²) in [5.74, 6) is 1.99. The molecule has 6 rings (SSSR count). The van der Waals surface area contributed by atoms with E-state index in [1.807, 2.05) is 6.92 Å². The summed E-state index contributed by atoms with van der Waals surface area (Å²) in [4.78, 5) is 29.9. The third-order valence-electron chi connectivity index (χ3n) is 8.29. The maximum Gasteiger partial charge on any atom is 0.387 e. The lowest BCUT2D eigenvalue weighted by Gasteiger charge is -2.57. The van der Waals surface area contributed by atoms with Crippen molar-refractivity contribution in [2.45, 2.75) is 63.6 Å². The number of halogens is 2. The van der Waals surface area contributed by atoms with Gasteiger partial charge in [-0.15, -0.1) is 0 Å². The second-order valence-electron chi connectivity index (χ2n) is 10.6. The first kappa shape index (κ1) is 22.6. The van der Waals surface area contributed by atoms with Gasteiger partial charge in [0.2, 0.25) is 5.91 Å². The van der Waals surface area contributed by atoms with Gasteiger partial charge in [0.05, 0.1) is 11.6 Å². The van der Waals surface area contributed by atoms with Gasteiger partial charge < -0.3 is 15.0 Å². The van der Waals surface area contributed by atoms with Gasteiger partial charge in [0.15, 0.2) is 0 Å². The van der Waals surface area contributed by atoms with Crippen LogP contribution in [0.15, 0.2) is 24.3 Å². The van der Waals surface area contributed by atoms with Crippen molar-refractivity contribution < 1.29 is 23.1 Å². The number of benzene rings is 1. The molecule has 4 saturated carbocycles. The Balaban J connectivity index is 1.17. The SMILES string of the molecule is CC(C(=O)NC12CC3CC(CC(C3)C1)C2)N1CCN(C(=O)c2ccccc2OC(F)F)CC1. The van der Waals surface area contributed by atoms with Crippen LogP contribution >= 0.6 is 0 Å². The van der Waals surface area contributed by atoms with E-state index >= 15 is 0 Å². The van der Waals surface area contributed by atoms with Gasteiger partial charge in [0.25, 0.3) is 5.91 Å². The van der Waals surface area contributed by atoms with E-state index in [0.717, 1.165) is 37.0 Å². The fourth-order valence-corrected chi connectivity index (χ4v) is 7.12. The van der Waals surface area contributed by atoms with Crippen molar-refractivity contribution in [2.24, 2.45) is 17.8 Å². The molecular weight excluding hydrogens is 428 g/mol. The lowest BCUT2D eigenvalue weighted by atomic mass is 9.53. The van der Waals surface area contributed by atoms with E-state index in [9.17, 15) is 18.4 Å². The lowest BCUT2D eigenvalue weighted by Crippen LogP contribution is -2.63. The van der Waals surface area contributed by atoms with Crippen molar-refractivity contribution in [3.8, 4) is 5.75 Å². The highest BCUT2D eigenvalue weighted by molar-refractivity contribution is 5.97. The summed E-state index contributed by atoms with van der Waals surface area (Å²) < 4.78 is 29.9. The number of rotatable bonds is 6. The third kappa shape index (κ3) is 4.59. The van der Waals surface area contributed by atoms with Gasteiger partial charge >= 0.3 is 6.61 Å². The van der Waals surface area contributed by atoms with Gasteiger partial charge in [-0.25, -0.2) is 0 Å². The molecule has 1 N–H and O–H groups in total. The van der Waals surface area contributed by atoms with Gasteiger partial charge in [-0.2, -0.15) is 8.78 Å². The topological polar surface area (TPSA) is 61.9 Å². The molecule has 0 aromatic heterocycles. The van der Waals surface area contributed by atoms with Crippen LogP contribution < -0.4 is 10.1 Å². The van der Waals surface area contributed by atoms with Crippen LogP contribution in [0.3, 0.4) is 0 Å². The van der Waals surface area contributed by atoms with E-state index in [-0.39, 0.29) is 34.7 Å². The average molecular weight is 462 g/mol. The summed E-state index contributed by atoms with van der Waals surface area (Å²) in [7, 11) is 0. The zero-order chi connectivity index (χ0) is 23.2. The highest BCUT2D eigenvalue weighted by Gasteiger charge is 2.51. The number of hydrogen-bond donors (Lipinski definition) is 1. The normalized spacial score (nSPS) is 32.1. The number of hydrogen-bond acceptors (Lipinski definition) is 4. The first-order valence-electron chi connectivity index (χ1n) is 12.2. The molecule has 8 heteroatoms. The zero-order valence-electron chi connectivity index (χ0n) is 19.1. The Bertz CT molecular complexity index is 865. The first-order chi connectivity index (χ1) is 15.8. The third-order valence-corrected chi connectivity index (χ3v) is 8.29. The molecule has 0 spiro atoms. The van der Waals surface area contributed by atoms with E-state index in [1.54, 1.807) is 17.0 Å². The number of ether oxygens (including phenoxy) is 1. The van der Waals surface area contributed by atoms with Gasteiger partial charge in [-0.1, -0.05) is 12.1 Å². The van der Waals surface area contributed by atoms with Crippen molar-refractivity contribution in [1.29, 1.82) is 0 Å². The van der Waals surface area contributed by atoms with Crippen molar-refractivity contribution in [3.05, 3.63) is 29.8 Å². The number of nitrogens with one attached hydrogen (secondary N) is 1. The molecule has 33 heavy (non-hydrogen) atoms. The van der Waals surface area contributed by atoms with E-state index in [0.29, 0.717) is 26.2 Å². The van der Waals surface area contributed by atoms with Gasteiger partial charge in [0.1, 0.15) is 5.75 Å². The predicted octanol–water partition coefficient (Wildman–Crippen LogP) is 3.52. The van der Waals surface area contributed by atoms with Crippen molar-refractivity contribution >= 4 is 11.8 Å². The summed E-state index contributed by atoms with van der Waals surface area (Å²) in [6, 6.07) is 5.83. The molecule has 5 aliphatic rings. The van der Waals surface area contributed by atoms with Crippen LogP contribution in [0.1, 0.15) is 55.8 Å². The minimum Gasteiger partial charge on any atom is -0.434 e. The van der Waals surface area contributed by atoms with E-state index in [4.69, 9.17) is 0 Å². The molecular formula is C25H33F2N3O3. The monoisotopic (exact) mass is 461 g/mol. The van der Waals surface area contributed by atoms with Gasteiger partial charge in [-0.3, -0.25) is 14.5 Å². The number of alkyl halides is 2. The van der Waals surface area contributed by atoms with Crippen LogP contribution in [0, 0.1) is 17.8 Å². The number of carbonyl (C=O) groups excluding carboxylic acids is 2. The molecule has 1 atom stereocenters. The Morgan fingerprint density at radius 3 is 2.15 bits per heavy atom. The highest BCUT2D eigenvalue weighted by atomic mass is 19.3. The Hall–Kier alpha value is -2.22. The van der Waals surface area contributed by atoms with Crippen molar-refractivity contribution in [2.75, 3.05) is 26.2 Å². The van der Waals surface area contributed by atoms with Crippen molar-refractivity contribution in [1.82, 2.24) is 15.1 Å². The summed E-state index contributed by atoms with van der Waals surface area (Å²) >= 11 is 0. The van der Waals surface area contributed by atoms with E-state index in [1.165, 1.54) is 31.4 Å². The van der Waals surface area contributed by atoms with Gasteiger partial charge in [0, 0.05) is 31.7 Å². The van der Waals surface area contributed by atoms with E-state index in [2.05, 4.69) is 15.0 Å². The molecule has 0 radical (unpaired) electrons. The zero-order valence-corrected chi connectivity index (χ0v) is 19.1. The Morgan fingerprint density at radius 1 is 1.00 bits per heavy atom. The maximum absolute atomic E-state index is 13.2. The molecule has 5 fully saturated rings. The first-order valence-corrected chi connectivity index (χ1v) is 12.2. The van der Waals surface area contributed by atoms with Crippen LogP contribution in [0.25, 0.3) is 0 Å². The van der Waals surface area contributed by atoms with Crippen LogP contribution in [0.2, 0.25) is 0 Å². The molecule has 1 aromatic carbocycles. The average Bonchev–Trinajstić information content (AvgIpc) is 2.77. The molecule has 2 amide bonds. The number of carbonyl (C=O) groups is 2. The molecule has 1 saturated heterocycles. The molecule has 1 unspecified atom stereocenters. The maximum atomic E-state index is 13.2. The quantitative estimate of drug-likeness (QED) is 0.704. The standard InChI is InChI=1S/C25H33F2N3O3/c1-16(22(31)28-25-13-17-10-18(14-25)12-19(11-17)15-25)29-6-8-30(9-7-29)23(32)20-4-2-3-5-21(20)33-24(26)27/h2-5,16-19,24H,6-15H2,1H3,(H,28,31). The minimum atomic E-state index is -2.98. The molecule has 4 bridgehead atoms. The lowest BCUT2D eigenvalue weighted by molar-refractivity contribution is -0.132. The van der Waals surface area contributed by atoms with Crippen LogP contribution in [-0.2, 0) is 4.79 Å². The van der Waals surface area contributed by atoms with Crippen LogP contribution in [0.5, 0.6) is 5.75 Å². The highest BCUT2D eigenvalue weighted by Crippen LogP contribution is 2.55. The number of para-hydroxylation sites is 1. The molecule has 180 valence electrons. The molecule has 1 aliphatic heterocycles. The predicted molar refractivity (Wildman–Crippen MR) is 119 cm³/mol. The molecule has 1 heterocycles. The minimum absolute atomic E-state index is 0.00765.